The van der Waals surface area contributed by atoms with Crippen LogP contribution in [0.5, 0.6) is 0 Å². The van der Waals surface area contributed by atoms with Crippen molar-refractivity contribution in [1.29, 1.82) is 0 Å². The van der Waals surface area contributed by atoms with E-state index in [-0.39, 0.29) is 11.3 Å². The Kier molecular flexibility index (Phi) is 7.23. The Morgan fingerprint density at radius 1 is 1.00 bits per heavy atom. The zero-order valence-electron chi connectivity index (χ0n) is 12.0. The second-order valence-electron chi connectivity index (χ2n) is 5.46. The van der Waals surface area contributed by atoms with E-state index in [0.717, 1.165) is 38.6 Å². The van der Waals surface area contributed by atoms with Gasteiger partial charge in [0.05, 0.1) is 11.0 Å². The van der Waals surface area contributed by atoms with Gasteiger partial charge in [0.25, 0.3) is 0 Å². The third kappa shape index (κ3) is 4.88. The number of nitrogens with one attached hydrogen (secondary N) is 1. The average Bonchev–Trinajstić information content (AvgIpc) is 2.27. The molecule has 0 aliphatic heterocycles. The molecule has 3 nitrogen and oxygen atoms in total. The molecule has 0 spiro atoms. The van der Waals surface area contributed by atoms with Gasteiger partial charge in [0, 0.05) is 6.04 Å². The topological polar surface area (TPSA) is 46.2 Å². The molecule has 18 heavy (non-hydrogen) atoms. The van der Waals surface area contributed by atoms with Crippen molar-refractivity contribution in [3.8, 4) is 0 Å². The van der Waals surface area contributed by atoms with Crippen LogP contribution in [-0.2, 0) is 9.84 Å². The van der Waals surface area contributed by atoms with Crippen LogP contribution < -0.4 is 5.32 Å². The highest BCUT2D eigenvalue weighted by atomic mass is 32.2. The first-order valence-corrected chi connectivity index (χ1v) is 9.28. The lowest BCUT2D eigenvalue weighted by Gasteiger charge is -2.30. The van der Waals surface area contributed by atoms with E-state index in [9.17, 15) is 8.42 Å². The standard InChI is InChI=1S/C14H29NO2S/c1-3-11-15-13-9-7-5-6-8-10-14(13)18(16,17)12-4-2/h13-15H,3-12H2,1-2H3. The molecule has 2 atom stereocenters. The van der Waals surface area contributed by atoms with Crippen molar-refractivity contribution in [2.45, 2.75) is 76.5 Å². The SMILES string of the molecule is CCCNC1CCCCCCC1S(=O)(=O)CCC. The molecule has 1 rings (SSSR count). The highest BCUT2D eigenvalue weighted by molar-refractivity contribution is 7.92. The summed E-state index contributed by atoms with van der Waals surface area (Å²) >= 11 is 0. The van der Waals surface area contributed by atoms with Crippen LogP contribution >= 0.6 is 0 Å². The van der Waals surface area contributed by atoms with Gasteiger partial charge in [-0.25, -0.2) is 8.42 Å². The van der Waals surface area contributed by atoms with Crippen molar-refractivity contribution in [2.75, 3.05) is 12.3 Å². The quantitative estimate of drug-likeness (QED) is 0.811. The van der Waals surface area contributed by atoms with Gasteiger partial charge in [-0.15, -0.1) is 0 Å². The highest BCUT2D eigenvalue weighted by Gasteiger charge is 2.32. The molecular formula is C14H29NO2S. The van der Waals surface area contributed by atoms with Crippen molar-refractivity contribution in [3.05, 3.63) is 0 Å². The first-order chi connectivity index (χ1) is 8.61. The molecular weight excluding hydrogens is 246 g/mol. The predicted molar refractivity (Wildman–Crippen MR) is 77.6 cm³/mol. The molecule has 108 valence electrons. The molecule has 0 amide bonds. The Bertz CT molecular complexity index is 312. The molecule has 0 aromatic carbocycles. The van der Waals surface area contributed by atoms with E-state index in [0.29, 0.717) is 5.75 Å². The third-order valence-electron chi connectivity index (χ3n) is 3.81. The van der Waals surface area contributed by atoms with Crippen LogP contribution in [0.3, 0.4) is 0 Å². The van der Waals surface area contributed by atoms with E-state index in [1.165, 1.54) is 19.3 Å². The monoisotopic (exact) mass is 275 g/mol. The summed E-state index contributed by atoms with van der Waals surface area (Å²) in [7, 11) is -2.92. The fourth-order valence-corrected chi connectivity index (χ4v) is 5.01. The lowest BCUT2D eigenvalue weighted by molar-refractivity contribution is 0.387. The van der Waals surface area contributed by atoms with Gasteiger partial charge in [-0.05, 0) is 32.2 Å². The normalized spacial score (nSPS) is 26.6. The van der Waals surface area contributed by atoms with Gasteiger partial charge in [-0.2, -0.15) is 0 Å². The number of hydrogen-bond donors (Lipinski definition) is 1. The molecule has 1 aliphatic carbocycles. The van der Waals surface area contributed by atoms with Crippen molar-refractivity contribution in [1.82, 2.24) is 5.32 Å². The molecule has 0 heterocycles. The molecule has 0 saturated heterocycles. The van der Waals surface area contributed by atoms with Crippen LogP contribution in [0.1, 0.15) is 65.2 Å². The van der Waals surface area contributed by atoms with E-state index >= 15 is 0 Å². The van der Waals surface area contributed by atoms with Crippen molar-refractivity contribution < 1.29 is 8.42 Å². The maximum absolute atomic E-state index is 12.4. The smallest absolute Gasteiger partial charge is 0.154 e. The van der Waals surface area contributed by atoms with E-state index in [1.54, 1.807) is 0 Å². The van der Waals surface area contributed by atoms with Crippen molar-refractivity contribution in [3.63, 3.8) is 0 Å². The summed E-state index contributed by atoms with van der Waals surface area (Å²) in [5.41, 5.74) is 0. The van der Waals surface area contributed by atoms with E-state index in [1.807, 2.05) is 6.92 Å². The summed E-state index contributed by atoms with van der Waals surface area (Å²) in [4.78, 5) is 0. The van der Waals surface area contributed by atoms with Gasteiger partial charge < -0.3 is 5.32 Å². The van der Waals surface area contributed by atoms with Crippen LogP contribution in [0.4, 0.5) is 0 Å². The maximum atomic E-state index is 12.4. The van der Waals surface area contributed by atoms with Gasteiger partial charge >= 0.3 is 0 Å². The van der Waals surface area contributed by atoms with E-state index in [2.05, 4.69) is 12.2 Å². The van der Waals surface area contributed by atoms with Crippen LogP contribution in [-0.4, -0.2) is 32.0 Å². The molecule has 1 fully saturated rings. The average molecular weight is 275 g/mol. The minimum absolute atomic E-state index is 0.149. The lowest BCUT2D eigenvalue weighted by atomic mass is 9.96. The minimum Gasteiger partial charge on any atom is -0.313 e. The summed E-state index contributed by atoms with van der Waals surface area (Å²) < 4.78 is 24.8. The van der Waals surface area contributed by atoms with Gasteiger partial charge in [-0.3, -0.25) is 0 Å². The molecule has 0 radical (unpaired) electrons. The minimum atomic E-state index is -2.92. The lowest BCUT2D eigenvalue weighted by Crippen LogP contribution is -2.45. The van der Waals surface area contributed by atoms with Gasteiger partial charge in [-0.1, -0.05) is 39.5 Å². The number of sulfone groups is 1. The third-order valence-corrected chi connectivity index (χ3v) is 6.27. The Balaban J connectivity index is 2.76. The first kappa shape index (κ1) is 16.0. The maximum Gasteiger partial charge on any atom is 0.154 e. The molecule has 1 saturated carbocycles. The Labute approximate surface area is 113 Å². The van der Waals surface area contributed by atoms with Crippen LogP contribution in [0.25, 0.3) is 0 Å². The van der Waals surface area contributed by atoms with Crippen molar-refractivity contribution >= 4 is 9.84 Å². The summed E-state index contributed by atoms with van der Waals surface area (Å²) in [6, 6.07) is 0.182. The Morgan fingerprint density at radius 2 is 1.67 bits per heavy atom. The summed E-state index contributed by atoms with van der Waals surface area (Å²) in [6.45, 7) is 5.02. The highest BCUT2D eigenvalue weighted by Crippen LogP contribution is 2.24. The second kappa shape index (κ2) is 8.16. The molecule has 0 bridgehead atoms. The summed E-state index contributed by atoms with van der Waals surface area (Å²) in [5, 5.41) is 3.33. The molecule has 1 N–H and O–H groups in total. The molecule has 4 heteroatoms. The Hall–Kier alpha value is -0.0900. The van der Waals surface area contributed by atoms with Crippen LogP contribution in [0, 0.1) is 0 Å². The molecule has 0 aromatic rings. The number of hydrogen-bond acceptors (Lipinski definition) is 3. The fourth-order valence-electron chi connectivity index (χ4n) is 2.88. The Morgan fingerprint density at radius 3 is 2.28 bits per heavy atom. The first-order valence-electron chi connectivity index (χ1n) is 7.56. The summed E-state index contributed by atoms with van der Waals surface area (Å²) in [6.07, 6.45) is 8.36. The molecule has 0 aromatic heterocycles. The van der Waals surface area contributed by atoms with Gasteiger partial charge in [0.15, 0.2) is 9.84 Å². The second-order valence-corrected chi connectivity index (χ2v) is 7.80. The van der Waals surface area contributed by atoms with Gasteiger partial charge in [0.2, 0.25) is 0 Å². The molecule has 2 unspecified atom stereocenters. The molecule has 1 aliphatic rings. The fraction of sp³-hybridized carbons (Fsp3) is 1.00. The largest absolute Gasteiger partial charge is 0.313 e. The number of rotatable bonds is 6. The van der Waals surface area contributed by atoms with Crippen LogP contribution in [0.2, 0.25) is 0 Å². The predicted octanol–water partition coefficient (Wildman–Crippen LogP) is 2.90. The van der Waals surface area contributed by atoms with Gasteiger partial charge in [0.1, 0.15) is 0 Å². The zero-order valence-corrected chi connectivity index (χ0v) is 12.8. The van der Waals surface area contributed by atoms with E-state index < -0.39 is 9.84 Å². The zero-order chi connectivity index (χ0) is 13.4. The van der Waals surface area contributed by atoms with Crippen LogP contribution in [0.15, 0.2) is 0 Å². The van der Waals surface area contributed by atoms with Crippen molar-refractivity contribution in [2.24, 2.45) is 0 Å². The van der Waals surface area contributed by atoms with E-state index in [4.69, 9.17) is 0 Å². The summed E-state index contributed by atoms with van der Waals surface area (Å²) in [5.74, 6) is 0.349.